The van der Waals surface area contributed by atoms with E-state index in [1.54, 1.807) is 47.4 Å². The highest BCUT2D eigenvalue weighted by Gasteiger charge is 2.33. The molecule has 6 aromatic rings. The molecule has 3 N–H and O–H groups in total. The van der Waals surface area contributed by atoms with Crippen LogP contribution in [0.5, 0.6) is 0 Å². The Bertz CT molecular complexity index is 2360. The summed E-state index contributed by atoms with van der Waals surface area (Å²) in [4.78, 5) is 13.9. The molecule has 5 aromatic carbocycles. The van der Waals surface area contributed by atoms with Crippen molar-refractivity contribution >= 4 is 39.0 Å². The molecule has 0 spiro atoms. The minimum Gasteiger partial charge on any atom is -0.392 e. The summed E-state index contributed by atoms with van der Waals surface area (Å²) < 4.78 is 43.5. The van der Waals surface area contributed by atoms with Crippen LogP contribution in [0.25, 0.3) is 11.1 Å². The lowest BCUT2D eigenvalue weighted by molar-refractivity contribution is -0.245. The number of nitrogens with one attached hydrogen (secondary N) is 2. The van der Waals surface area contributed by atoms with Crippen molar-refractivity contribution in [3.63, 3.8) is 0 Å². The van der Waals surface area contributed by atoms with Crippen LogP contribution < -0.4 is 10.0 Å². The van der Waals surface area contributed by atoms with E-state index in [0.717, 1.165) is 53.9 Å². The molecule has 0 aliphatic carbocycles. The van der Waals surface area contributed by atoms with E-state index in [-0.39, 0.29) is 36.7 Å². The zero-order valence-corrected chi connectivity index (χ0v) is 34.0. The number of sulfonamides is 1. The van der Waals surface area contributed by atoms with Crippen LogP contribution in [0.1, 0.15) is 57.2 Å². The van der Waals surface area contributed by atoms with E-state index in [2.05, 4.69) is 20.2 Å². The van der Waals surface area contributed by atoms with Gasteiger partial charge < -0.3 is 19.9 Å². The Morgan fingerprint density at radius 1 is 0.842 bits per heavy atom. The summed E-state index contributed by atoms with van der Waals surface area (Å²) >= 11 is 3.19. The molecule has 1 aliphatic rings. The van der Waals surface area contributed by atoms with Gasteiger partial charge in [-0.15, -0.1) is 10.2 Å². The van der Waals surface area contributed by atoms with E-state index in [9.17, 15) is 18.3 Å². The van der Waals surface area contributed by atoms with Gasteiger partial charge in [0.05, 0.1) is 23.7 Å². The number of benzene rings is 5. The molecule has 1 fully saturated rings. The van der Waals surface area contributed by atoms with Gasteiger partial charge in [0, 0.05) is 24.3 Å². The summed E-state index contributed by atoms with van der Waals surface area (Å²) in [5.41, 5.74) is 7.24. The van der Waals surface area contributed by atoms with E-state index >= 15 is 0 Å². The summed E-state index contributed by atoms with van der Waals surface area (Å²) in [6, 6.07) is 38.5. The lowest BCUT2D eigenvalue weighted by Crippen LogP contribution is -2.47. The van der Waals surface area contributed by atoms with Gasteiger partial charge in [-0.3, -0.25) is 4.79 Å². The quantitative estimate of drug-likeness (QED) is 0.0884. The van der Waals surface area contributed by atoms with E-state index in [0.29, 0.717) is 12.2 Å². The largest absolute Gasteiger partial charge is 0.392 e. The number of aryl methyl sites for hydroxylation is 2. The van der Waals surface area contributed by atoms with E-state index in [1.807, 2.05) is 117 Å². The number of thioether (sulfide) groups is 1. The number of hydrogen-bond acceptors (Lipinski definition) is 10. The minimum atomic E-state index is -3.98. The molecule has 4 atom stereocenters. The van der Waals surface area contributed by atoms with Gasteiger partial charge in [0.25, 0.3) is 0 Å². The fourth-order valence-corrected chi connectivity index (χ4v) is 9.67. The highest BCUT2D eigenvalue weighted by molar-refractivity contribution is 8.01. The second-order valence-electron chi connectivity index (χ2n) is 13.9. The molecular weight excluding hydrogens is 777 g/mol. The fraction of sp³-hybridized carbons (Fsp3) is 0.250. The summed E-state index contributed by atoms with van der Waals surface area (Å²) in [6.45, 7) is 3.99. The standard InChI is InChI=1S/C44H44N4O6S3/c1-29-12-22-38(23-13-29)57(51,52)48-40(24-31-8-4-3-5-9-31)42(50)45-26-36-10-6-7-11-39(36)33-18-20-35(21-19-33)43-53-37(28-55-44-47-46-30(2)56-44)25-41(54-43)34-16-14-32(27-49)15-17-34/h3-23,37,40-41,43,48-49H,24-28H2,1-2H3,(H,45,50)/t37-,40+,41+,43+/m0/s1. The first-order valence-corrected chi connectivity index (χ1v) is 21.9. The zero-order chi connectivity index (χ0) is 39.8. The maximum absolute atomic E-state index is 13.8. The molecule has 1 saturated heterocycles. The van der Waals surface area contributed by atoms with Crippen LogP contribution in [-0.2, 0) is 43.9 Å². The third kappa shape index (κ3) is 10.6. The molecule has 10 nitrogen and oxygen atoms in total. The number of aromatic nitrogens is 2. The lowest BCUT2D eigenvalue weighted by atomic mass is 9.97. The first-order chi connectivity index (χ1) is 27.6. The third-order valence-electron chi connectivity index (χ3n) is 9.71. The summed E-state index contributed by atoms with van der Waals surface area (Å²) in [5, 5.41) is 21.9. The average molecular weight is 821 g/mol. The Morgan fingerprint density at radius 2 is 1.54 bits per heavy atom. The van der Waals surface area contributed by atoms with Gasteiger partial charge >= 0.3 is 0 Å². The number of carbonyl (C=O) groups excluding carboxylic acids is 1. The van der Waals surface area contributed by atoms with Gasteiger partial charge in [-0.25, -0.2) is 8.42 Å². The van der Waals surface area contributed by atoms with Crippen molar-refractivity contribution in [2.45, 2.75) is 73.6 Å². The molecule has 1 aromatic heterocycles. The average Bonchev–Trinajstić information content (AvgIpc) is 3.67. The number of nitrogens with zero attached hydrogens (tertiary/aromatic N) is 2. The van der Waals surface area contributed by atoms with Crippen molar-refractivity contribution in [1.29, 1.82) is 0 Å². The molecule has 0 unspecified atom stereocenters. The molecule has 0 radical (unpaired) electrons. The fourth-order valence-electron chi connectivity index (χ4n) is 6.62. The molecule has 2 heterocycles. The second kappa shape index (κ2) is 18.7. The van der Waals surface area contributed by atoms with Gasteiger partial charge in [0.1, 0.15) is 11.0 Å². The molecule has 13 heteroatoms. The van der Waals surface area contributed by atoms with E-state index < -0.39 is 28.3 Å². The van der Waals surface area contributed by atoms with E-state index in [4.69, 9.17) is 9.47 Å². The number of rotatable bonds is 15. The molecule has 57 heavy (non-hydrogen) atoms. The third-order valence-corrected chi connectivity index (χ3v) is 13.3. The van der Waals surface area contributed by atoms with Crippen molar-refractivity contribution in [2.75, 3.05) is 5.75 Å². The minimum absolute atomic E-state index is 0.0231. The van der Waals surface area contributed by atoms with E-state index in [1.165, 1.54) is 0 Å². The van der Waals surface area contributed by atoms with Gasteiger partial charge in [-0.2, -0.15) is 4.72 Å². The van der Waals surface area contributed by atoms with Gasteiger partial charge in [-0.05, 0) is 65.8 Å². The Kier molecular flexibility index (Phi) is 13.3. The van der Waals surface area contributed by atoms with Gasteiger partial charge in [-0.1, -0.05) is 144 Å². The smallest absolute Gasteiger partial charge is 0.241 e. The zero-order valence-electron chi connectivity index (χ0n) is 31.6. The summed E-state index contributed by atoms with van der Waals surface area (Å²) in [6.07, 6.45) is -0.0958. The Balaban J connectivity index is 1.06. The number of aliphatic hydroxyl groups is 1. The van der Waals surface area contributed by atoms with Crippen LogP contribution in [0.15, 0.2) is 137 Å². The van der Waals surface area contributed by atoms with Gasteiger partial charge in [0.15, 0.2) is 10.6 Å². The molecule has 0 saturated carbocycles. The molecule has 1 amide bonds. The number of amides is 1. The first kappa shape index (κ1) is 40.5. The molecule has 1 aliphatic heterocycles. The Labute approximate surface area is 341 Å². The van der Waals surface area contributed by atoms with Crippen LogP contribution in [0.4, 0.5) is 0 Å². The Morgan fingerprint density at radius 3 is 2.25 bits per heavy atom. The molecule has 294 valence electrons. The monoisotopic (exact) mass is 820 g/mol. The van der Waals surface area contributed by atoms with Crippen molar-refractivity contribution in [2.24, 2.45) is 0 Å². The maximum Gasteiger partial charge on any atom is 0.241 e. The SMILES string of the molecule is Cc1ccc(S(=O)(=O)N[C@H](Cc2ccccc2)C(=O)NCc2ccccc2-c2ccc([C@@H]3O[C@H](CSc4nnc(C)s4)C[C@H](c4ccc(CO)cc4)O3)cc2)cc1. The predicted molar refractivity (Wildman–Crippen MR) is 223 cm³/mol. The summed E-state index contributed by atoms with van der Waals surface area (Å²) in [7, 11) is -3.98. The van der Waals surface area contributed by atoms with Crippen molar-refractivity contribution in [3.05, 3.63) is 166 Å². The summed E-state index contributed by atoms with van der Waals surface area (Å²) in [5.74, 6) is 0.261. The molecule has 7 rings (SSSR count). The Hall–Kier alpha value is -4.73. The van der Waals surface area contributed by atoms with Crippen molar-refractivity contribution in [3.8, 4) is 11.1 Å². The van der Waals surface area contributed by atoms with Crippen LogP contribution in [0.3, 0.4) is 0 Å². The highest BCUT2D eigenvalue weighted by atomic mass is 32.2. The van der Waals surface area contributed by atoms with Crippen LogP contribution in [0, 0.1) is 13.8 Å². The van der Waals surface area contributed by atoms with Gasteiger partial charge in [0.2, 0.25) is 15.9 Å². The van der Waals surface area contributed by atoms with Crippen molar-refractivity contribution in [1.82, 2.24) is 20.2 Å². The van der Waals surface area contributed by atoms with Crippen LogP contribution in [-0.4, -0.2) is 47.5 Å². The predicted octanol–water partition coefficient (Wildman–Crippen LogP) is 7.86. The first-order valence-electron chi connectivity index (χ1n) is 18.7. The molecule has 0 bridgehead atoms. The number of aliphatic hydroxyl groups excluding tert-OH is 1. The normalized spacial score (nSPS) is 17.6. The highest BCUT2D eigenvalue weighted by Crippen LogP contribution is 2.40. The lowest BCUT2D eigenvalue weighted by Gasteiger charge is -2.36. The van der Waals surface area contributed by atoms with Crippen molar-refractivity contribution < 1.29 is 27.8 Å². The number of hydrogen-bond donors (Lipinski definition) is 3. The van der Waals surface area contributed by atoms with Crippen LogP contribution in [0.2, 0.25) is 0 Å². The van der Waals surface area contributed by atoms with Crippen LogP contribution >= 0.6 is 23.1 Å². The second-order valence-corrected chi connectivity index (χ2v) is 18.1. The topological polar surface area (TPSA) is 140 Å². The number of ether oxygens (including phenoxy) is 2. The maximum atomic E-state index is 13.8. The number of carbonyl (C=O) groups is 1. The molecular formula is C44H44N4O6S3.